The van der Waals surface area contributed by atoms with E-state index in [9.17, 15) is 56.2 Å². The summed E-state index contributed by atoms with van der Waals surface area (Å²) in [5, 5.41) is 134. The van der Waals surface area contributed by atoms with Gasteiger partial charge in [-0.15, -0.1) is 0 Å². The summed E-state index contributed by atoms with van der Waals surface area (Å²) in [4.78, 5) is 36.6. The van der Waals surface area contributed by atoms with Gasteiger partial charge in [0.15, 0.2) is 23.3 Å². The van der Waals surface area contributed by atoms with Crippen molar-refractivity contribution in [3.63, 3.8) is 0 Å². The number of rotatable bonds is 16. The van der Waals surface area contributed by atoms with Crippen molar-refractivity contribution in [2.75, 3.05) is 13.2 Å². The van der Waals surface area contributed by atoms with Crippen LogP contribution in [0.25, 0.3) is 198 Å². The number of fused-ring (bicyclic) bond motifs is 10. The monoisotopic (exact) mass is 1780 g/mol. The van der Waals surface area contributed by atoms with E-state index in [0.717, 1.165) is 129 Å². The van der Waals surface area contributed by atoms with Gasteiger partial charge in [0.1, 0.15) is 79.9 Å². The molecule has 0 radical (unpaired) electrons. The third-order valence-corrected chi connectivity index (χ3v) is 23.1. The van der Waals surface area contributed by atoms with Gasteiger partial charge in [-0.25, -0.2) is 19.9 Å². The van der Waals surface area contributed by atoms with Gasteiger partial charge in [-0.05, 0) is 192 Å². The van der Waals surface area contributed by atoms with Crippen molar-refractivity contribution in [2.45, 2.75) is 53.8 Å². The molecule has 0 saturated carbocycles. The average Bonchev–Trinajstić information content (AvgIpc) is 0.736. The Kier molecular flexibility index (Phi) is 23.2. The minimum Gasteiger partial charge on any atom is -0.508 e. The maximum absolute atomic E-state index is 10.5. The van der Waals surface area contributed by atoms with Gasteiger partial charge in [-0.3, -0.25) is 0 Å². The molecule has 22 aromatic rings. The predicted octanol–water partition coefficient (Wildman–Crippen LogP) is 25.3. The van der Waals surface area contributed by atoms with E-state index in [2.05, 4.69) is 175 Å². The molecule has 135 heavy (non-hydrogen) atoms. The third kappa shape index (κ3) is 17.4. The Morgan fingerprint density at radius 2 is 0.578 bits per heavy atom. The highest BCUT2D eigenvalue weighted by molar-refractivity contribution is 6.26. The molecule has 23 nitrogen and oxygen atoms in total. The normalized spacial score (nSPS) is 11.4. The first-order chi connectivity index (χ1) is 65.4. The van der Waals surface area contributed by atoms with Crippen molar-refractivity contribution in [3.8, 4) is 177 Å². The fourth-order valence-electron chi connectivity index (χ4n) is 17.4. The smallest absolute Gasteiger partial charge is 0.217 e. The van der Waals surface area contributed by atoms with E-state index < -0.39 is 0 Å². The van der Waals surface area contributed by atoms with E-state index in [1.54, 1.807) is 24.3 Å². The molecule has 0 bridgehead atoms. The molecule has 0 aliphatic carbocycles. The van der Waals surface area contributed by atoms with Crippen LogP contribution in [0.3, 0.4) is 0 Å². The molecule has 0 atom stereocenters. The van der Waals surface area contributed by atoms with Gasteiger partial charge in [-0.2, -0.15) is 19.9 Å². The number of aromatic hydroxyl groups is 11. The van der Waals surface area contributed by atoms with E-state index in [1.165, 1.54) is 49.8 Å². The maximum Gasteiger partial charge on any atom is 0.217 e. The molecule has 0 spiro atoms. The molecule has 0 unspecified atom stereocenters. The van der Waals surface area contributed by atoms with Gasteiger partial charge in [-0.1, -0.05) is 200 Å². The molecule has 4 heterocycles. The van der Waals surface area contributed by atoms with Crippen LogP contribution in [-0.4, -0.2) is 121 Å². The first-order valence-corrected chi connectivity index (χ1v) is 43.7. The second-order valence-corrected chi connectivity index (χ2v) is 32.9. The Bertz CT molecular complexity index is 8340. The lowest BCUT2D eigenvalue weighted by Crippen LogP contribution is -2.08. The highest BCUT2D eigenvalue weighted by Gasteiger charge is 2.26. The molecule has 23 heteroatoms. The minimum absolute atomic E-state index is 0.0232. The Labute approximate surface area is 771 Å². The lowest BCUT2D eigenvalue weighted by Gasteiger charge is -2.15. The lowest BCUT2D eigenvalue weighted by molar-refractivity contribution is 0.232. The number of benzene rings is 18. The molecule has 18 aromatic carbocycles. The van der Waals surface area contributed by atoms with E-state index in [4.69, 9.17) is 28.9 Å². The van der Waals surface area contributed by atoms with Crippen molar-refractivity contribution in [1.82, 2.24) is 39.9 Å². The predicted molar refractivity (Wildman–Crippen MR) is 530 cm³/mol. The first-order valence-electron chi connectivity index (χ1n) is 43.7. The van der Waals surface area contributed by atoms with E-state index in [0.29, 0.717) is 70.9 Å². The number of phenols is 11. The van der Waals surface area contributed by atoms with Crippen LogP contribution in [0.1, 0.15) is 41.5 Å². The maximum atomic E-state index is 10.5. The largest absolute Gasteiger partial charge is 0.508 e. The van der Waals surface area contributed by atoms with Crippen LogP contribution in [0, 0.1) is 0 Å². The van der Waals surface area contributed by atoms with Crippen molar-refractivity contribution in [2.24, 2.45) is 0 Å². The van der Waals surface area contributed by atoms with Crippen molar-refractivity contribution in [3.05, 3.63) is 309 Å². The van der Waals surface area contributed by atoms with Gasteiger partial charge in [0.05, 0.1) is 53.8 Å². The standard InChI is InChI=1S/C31H24N2O3.C28H20N2O4.C27H22N2O4.C26H20N2O4/c1-18(2)36-30-17-28(32-31(33-30)25-14-12-20(34)15-29(25)35)27-16-26-21-8-4-3-7-19(21)11-13-24(26)22-9-5-6-10-23(22)27;1-2-34-24-14-21(29-28(30-24)27-22(32)12-18(31)13-23(27)33)19-10-8-17-7-6-15-4-3-5-16-9-11-20(19)26(17)25(15)16;1-15(2)33-25-14-22(28-27(29-25)26-23(31)12-21(30)13-24(26)32)19-8-7-18-9-16-5-3-4-6-17(16)10-20(18)11-19;1-2-32-24-14-21(27-26(28-24)25-22(30)12-16(29)13-23(25)31)20-11-15-7-3-4-8-17(15)18-9-5-6-10-19(18)20/h3-18,34-35H,1-2H3;3-14,31-33H,2H2,1H3;3-15,30-32H,1-2H3;3-14,29-31H,2H2,1H3. The molecule has 664 valence electrons. The highest BCUT2D eigenvalue weighted by atomic mass is 16.5. The molecule has 4 aromatic heterocycles. The highest BCUT2D eigenvalue weighted by Crippen LogP contribution is 2.48. The molecule has 0 aliphatic heterocycles. The quantitative estimate of drug-likeness (QED) is 0.0316. The average molecular weight is 1780 g/mol. The Hall–Kier alpha value is -17.9. The van der Waals surface area contributed by atoms with Crippen LogP contribution in [-0.2, 0) is 0 Å². The molecular formula is C112H86N8O15. The Balaban J connectivity index is 0.000000116. The zero-order valence-electron chi connectivity index (χ0n) is 73.6. The molecule has 0 saturated heterocycles. The molecule has 0 fully saturated rings. The fourth-order valence-corrected chi connectivity index (χ4v) is 17.4. The minimum atomic E-state index is -0.329. The summed E-state index contributed by atoms with van der Waals surface area (Å²) in [6.45, 7) is 12.1. The Morgan fingerprint density at radius 1 is 0.222 bits per heavy atom. The summed E-state index contributed by atoms with van der Waals surface area (Å²) in [5.74, 6) is -0.893. The summed E-state index contributed by atoms with van der Waals surface area (Å²) >= 11 is 0. The van der Waals surface area contributed by atoms with Crippen molar-refractivity contribution >= 4 is 108 Å². The summed E-state index contributed by atoms with van der Waals surface area (Å²) in [6.07, 6.45) is -0.225. The number of phenolic OH excluding ortho intramolecular Hbond substituents is 11. The molecule has 11 N–H and O–H groups in total. The van der Waals surface area contributed by atoms with Crippen LogP contribution in [0.5, 0.6) is 86.8 Å². The van der Waals surface area contributed by atoms with Crippen molar-refractivity contribution in [1.29, 1.82) is 0 Å². The molecule has 22 rings (SSSR count). The SMILES string of the molecule is CC(C)Oc1cc(-c2cc3c4ccccc4ccc3c3ccccc23)nc(-c2ccc(O)cc2O)n1.CC(C)Oc1cc(-c2ccc3cc4ccccc4cc3c2)nc(-c2c(O)cc(O)cc2O)n1.CCOc1cc(-c2cc3ccccc3c3ccccc23)nc(-c2c(O)cc(O)cc2O)n1.CCOc1cc(-c2ccc3ccc4cccc5ccc2c3c45)nc(-c2c(O)cc(O)cc2O)n1. The number of hydrogen-bond donors (Lipinski definition) is 11. The van der Waals surface area contributed by atoms with Gasteiger partial charge in [0.25, 0.3) is 0 Å². The second-order valence-electron chi connectivity index (χ2n) is 32.9. The van der Waals surface area contributed by atoms with Gasteiger partial charge in [0.2, 0.25) is 23.5 Å². The van der Waals surface area contributed by atoms with Crippen LogP contribution < -0.4 is 18.9 Å². The zero-order chi connectivity index (χ0) is 93.6. The molecular weight excluding hydrogens is 1700 g/mol. The van der Waals surface area contributed by atoms with E-state index in [1.807, 2.05) is 133 Å². The lowest BCUT2D eigenvalue weighted by atomic mass is 9.91. The van der Waals surface area contributed by atoms with Crippen LogP contribution >= 0.6 is 0 Å². The summed E-state index contributed by atoms with van der Waals surface area (Å²) in [6, 6.07) is 97.2. The summed E-state index contributed by atoms with van der Waals surface area (Å²) in [5.41, 5.74) is 6.49. The van der Waals surface area contributed by atoms with Crippen LogP contribution in [0.15, 0.2) is 309 Å². The van der Waals surface area contributed by atoms with Crippen LogP contribution in [0.2, 0.25) is 0 Å². The van der Waals surface area contributed by atoms with Crippen LogP contribution in [0.4, 0.5) is 0 Å². The molecule has 0 amide bonds. The topological polar surface area (TPSA) is 363 Å². The first kappa shape index (κ1) is 86.5. The van der Waals surface area contributed by atoms with E-state index >= 15 is 0 Å². The zero-order valence-corrected chi connectivity index (χ0v) is 73.6. The number of ether oxygens (including phenoxy) is 4. The third-order valence-electron chi connectivity index (χ3n) is 23.1. The Morgan fingerprint density at radius 3 is 1.11 bits per heavy atom. The number of aromatic nitrogens is 8. The van der Waals surface area contributed by atoms with Crippen molar-refractivity contribution < 1.29 is 75.1 Å². The van der Waals surface area contributed by atoms with E-state index in [-0.39, 0.29) is 110 Å². The van der Waals surface area contributed by atoms with Gasteiger partial charge in [0, 0.05) is 89.0 Å². The summed E-state index contributed by atoms with van der Waals surface area (Å²) in [7, 11) is 0. The van der Waals surface area contributed by atoms with Gasteiger partial charge >= 0.3 is 0 Å². The number of nitrogens with zero attached hydrogens (tertiary/aromatic N) is 8. The number of hydrogen-bond acceptors (Lipinski definition) is 23. The second kappa shape index (κ2) is 36.2. The molecule has 0 aliphatic rings. The summed E-state index contributed by atoms with van der Waals surface area (Å²) < 4.78 is 23.2. The fraction of sp³-hybridized carbons (Fsp3) is 0.0893. The van der Waals surface area contributed by atoms with Gasteiger partial charge < -0.3 is 75.1 Å².